The second-order valence-electron chi connectivity index (χ2n) is 5.93. The Balaban J connectivity index is 2.13. The van der Waals surface area contributed by atoms with Gasteiger partial charge in [0.2, 0.25) is 5.91 Å². The van der Waals surface area contributed by atoms with Gasteiger partial charge in [0.25, 0.3) is 0 Å². The predicted octanol–water partition coefficient (Wildman–Crippen LogP) is 1.58. The van der Waals surface area contributed by atoms with Crippen LogP contribution < -0.4 is 11.5 Å². The molecule has 2 unspecified atom stereocenters. The van der Waals surface area contributed by atoms with Crippen LogP contribution in [0.15, 0.2) is 24.3 Å². The van der Waals surface area contributed by atoms with Gasteiger partial charge in [-0.2, -0.15) is 0 Å². The van der Waals surface area contributed by atoms with E-state index in [1.54, 1.807) is 0 Å². The highest BCUT2D eigenvalue weighted by molar-refractivity contribution is 5.76. The lowest BCUT2D eigenvalue weighted by Crippen LogP contribution is -2.45. The van der Waals surface area contributed by atoms with Gasteiger partial charge in [-0.25, -0.2) is 0 Å². The lowest BCUT2D eigenvalue weighted by atomic mass is 9.91. The van der Waals surface area contributed by atoms with Gasteiger partial charge in [0.1, 0.15) is 0 Å². The molecule has 0 spiro atoms. The minimum atomic E-state index is -0.169. The van der Waals surface area contributed by atoms with Gasteiger partial charge in [0.15, 0.2) is 0 Å². The average Bonchev–Trinajstić information content (AvgIpc) is 2.39. The smallest absolute Gasteiger partial charge is 0.220 e. The molecule has 1 fully saturated rings. The molecule has 0 aliphatic carbocycles. The molecule has 1 heterocycles. The number of hydrogen-bond donors (Lipinski definition) is 2. The van der Waals surface area contributed by atoms with Crippen LogP contribution in [-0.4, -0.2) is 29.9 Å². The lowest BCUT2D eigenvalue weighted by molar-refractivity contribution is -0.123. The number of nitrogens with two attached hydrogens (primary N) is 2. The summed E-state index contributed by atoms with van der Waals surface area (Å²) >= 11 is 0. The fraction of sp³-hybridized carbons (Fsp3) is 0.562. The monoisotopic (exact) mass is 275 g/mol. The van der Waals surface area contributed by atoms with E-state index < -0.39 is 0 Å². The maximum Gasteiger partial charge on any atom is 0.220 e. The number of nitrogens with zero attached hydrogens (tertiary/aromatic N) is 1. The van der Waals surface area contributed by atoms with Crippen molar-refractivity contribution in [3.05, 3.63) is 35.4 Å². The summed E-state index contributed by atoms with van der Waals surface area (Å²) in [5, 5.41) is 0. The second-order valence-corrected chi connectivity index (χ2v) is 5.93. The van der Waals surface area contributed by atoms with Gasteiger partial charge >= 0.3 is 0 Å². The summed E-state index contributed by atoms with van der Waals surface area (Å²) in [5.41, 5.74) is 14.1. The first-order valence-corrected chi connectivity index (χ1v) is 7.34. The van der Waals surface area contributed by atoms with Crippen molar-refractivity contribution in [1.82, 2.24) is 4.90 Å². The Labute approximate surface area is 121 Å². The van der Waals surface area contributed by atoms with Crippen LogP contribution in [0.1, 0.15) is 36.9 Å². The van der Waals surface area contributed by atoms with Crippen molar-refractivity contribution in [2.75, 3.05) is 13.1 Å². The van der Waals surface area contributed by atoms with E-state index in [-0.39, 0.29) is 23.9 Å². The number of carbonyl (C=O) groups is 1. The average molecular weight is 275 g/mol. The first-order chi connectivity index (χ1) is 9.49. The lowest BCUT2D eigenvalue weighted by Gasteiger charge is -2.39. The van der Waals surface area contributed by atoms with Gasteiger partial charge in [-0.1, -0.05) is 29.8 Å². The minimum absolute atomic E-state index is 0.0255. The zero-order chi connectivity index (χ0) is 14.7. The van der Waals surface area contributed by atoms with E-state index in [4.69, 9.17) is 11.5 Å². The summed E-state index contributed by atoms with van der Waals surface area (Å²) in [7, 11) is 0. The molecule has 0 bridgehead atoms. The van der Waals surface area contributed by atoms with Crippen LogP contribution in [0.5, 0.6) is 0 Å². The molecule has 2 atom stereocenters. The van der Waals surface area contributed by atoms with Crippen molar-refractivity contribution >= 4 is 5.91 Å². The Hall–Kier alpha value is -1.39. The van der Waals surface area contributed by atoms with Crippen molar-refractivity contribution in [2.24, 2.45) is 17.4 Å². The third-order valence-electron chi connectivity index (χ3n) is 4.21. The zero-order valence-electron chi connectivity index (χ0n) is 12.4. The zero-order valence-corrected chi connectivity index (χ0v) is 12.4. The van der Waals surface area contributed by atoms with Gasteiger partial charge in [-0.05, 0) is 45.3 Å². The highest BCUT2D eigenvalue weighted by Crippen LogP contribution is 2.29. The predicted molar refractivity (Wildman–Crippen MR) is 81.1 cm³/mol. The Morgan fingerprint density at radius 1 is 1.35 bits per heavy atom. The van der Waals surface area contributed by atoms with Gasteiger partial charge in [-0.15, -0.1) is 0 Å². The topological polar surface area (TPSA) is 72.3 Å². The second kappa shape index (κ2) is 6.37. The number of piperidine rings is 1. The third kappa shape index (κ3) is 3.38. The quantitative estimate of drug-likeness (QED) is 0.876. The summed E-state index contributed by atoms with van der Waals surface area (Å²) in [4.78, 5) is 13.6. The van der Waals surface area contributed by atoms with E-state index in [1.165, 1.54) is 11.1 Å². The van der Waals surface area contributed by atoms with Crippen LogP contribution >= 0.6 is 0 Å². The number of rotatable bonds is 4. The van der Waals surface area contributed by atoms with E-state index in [9.17, 15) is 4.79 Å². The van der Waals surface area contributed by atoms with E-state index in [2.05, 4.69) is 36.1 Å². The molecule has 2 rings (SSSR count). The molecule has 4 nitrogen and oxygen atoms in total. The summed E-state index contributed by atoms with van der Waals surface area (Å²) in [6.07, 6.45) is 1.68. The number of likely N-dealkylation sites (tertiary alicyclic amines) is 1. The molecular weight excluding hydrogens is 250 g/mol. The molecule has 0 radical (unpaired) electrons. The minimum Gasteiger partial charge on any atom is -0.369 e. The number of benzene rings is 1. The fourth-order valence-electron chi connectivity index (χ4n) is 3.16. The molecule has 0 saturated carbocycles. The number of hydrogen-bond acceptors (Lipinski definition) is 3. The van der Waals surface area contributed by atoms with E-state index >= 15 is 0 Å². The van der Waals surface area contributed by atoms with Crippen molar-refractivity contribution in [3.8, 4) is 0 Å². The van der Waals surface area contributed by atoms with Gasteiger partial charge in [0, 0.05) is 18.0 Å². The van der Waals surface area contributed by atoms with E-state index in [0.717, 1.165) is 25.9 Å². The van der Waals surface area contributed by atoms with Gasteiger partial charge in [0.05, 0.1) is 0 Å². The largest absolute Gasteiger partial charge is 0.369 e. The molecule has 1 aromatic rings. The Bertz CT molecular complexity index is 465. The molecule has 1 aromatic carbocycles. The highest BCUT2D eigenvalue weighted by atomic mass is 16.1. The first-order valence-electron chi connectivity index (χ1n) is 7.34. The van der Waals surface area contributed by atoms with Crippen molar-refractivity contribution in [1.29, 1.82) is 0 Å². The van der Waals surface area contributed by atoms with E-state index in [1.807, 2.05) is 6.92 Å². The first kappa shape index (κ1) is 15.0. The Kier molecular flexibility index (Phi) is 4.78. The molecule has 0 aromatic heterocycles. The molecule has 1 saturated heterocycles. The maximum atomic E-state index is 11.3. The Morgan fingerprint density at radius 2 is 2.00 bits per heavy atom. The van der Waals surface area contributed by atoms with Gasteiger partial charge in [-0.3, -0.25) is 9.69 Å². The molecule has 1 aliphatic rings. The number of aryl methyl sites for hydroxylation is 1. The number of primary amides is 1. The number of carbonyl (C=O) groups excluding carboxylic acids is 1. The molecule has 1 amide bonds. The van der Waals surface area contributed by atoms with Crippen LogP contribution in [0.3, 0.4) is 0 Å². The van der Waals surface area contributed by atoms with Crippen LogP contribution in [0.4, 0.5) is 0 Å². The molecule has 4 heteroatoms. The summed E-state index contributed by atoms with van der Waals surface area (Å²) in [6, 6.07) is 8.79. The van der Waals surface area contributed by atoms with Crippen molar-refractivity contribution < 1.29 is 4.79 Å². The van der Waals surface area contributed by atoms with Crippen LogP contribution in [0.2, 0.25) is 0 Å². The molecule has 110 valence electrons. The molecule has 20 heavy (non-hydrogen) atoms. The highest BCUT2D eigenvalue weighted by Gasteiger charge is 2.30. The van der Waals surface area contributed by atoms with Crippen LogP contribution in [0, 0.1) is 12.8 Å². The summed E-state index contributed by atoms with van der Waals surface area (Å²) in [6.45, 7) is 5.91. The van der Waals surface area contributed by atoms with Crippen molar-refractivity contribution in [2.45, 2.75) is 38.8 Å². The van der Waals surface area contributed by atoms with Crippen LogP contribution in [-0.2, 0) is 4.79 Å². The Morgan fingerprint density at radius 3 is 2.50 bits per heavy atom. The van der Waals surface area contributed by atoms with Crippen molar-refractivity contribution in [3.63, 3.8) is 0 Å². The van der Waals surface area contributed by atoms with Crippen LogP contribution in [0.25, 0.3) is 0 Å². The fourth-order valence-corrected chi connectivity index (χ4v) is 3.16. The molecular formula is C16H25N3O. The number of amides is 1. The molecule has 4 N–H and O–H groups in total. The SMILES string of the molecule is Cc1cccc(C(C(C)N)N2CCC(C(N)=O)CC2)c1. The standard InChI is InChI=1S/C16H25N3O/c1-11-4-3-5-14(10-11)15(12(2)17)19-8-6-13(7-9-19)16(18)20/h3-5,10,12-13,15H,6-9,17H2,1-2H3,(H2,18,20). The van der Waals surface area contributed by atoms with Gasteiger partial charge < -0.3 is 11.5 Å². The van der Waals surface area contributed by atoms with E-state index in [0.29, 0.717) is 0 Å². The third-order valence-corrected chi connectivity index (χ3v) is 4.21. The normalized spacial score (nSPS) is 20.6. The summed E-state index contributed by atoms with van der Waals surface area (Å²) < 4.78 is 0. The maximum absolute atomic E-state index is 11.3. The molecule has 1 aliphatic heterocycles. The summed E-state index contributed by atoms with van der Waals surface area (Å²) in [5.74, 6) is -0.143.